The highest BCUT2D eigenvalue weighted by Crippen LogP contribution is 2.26. The van der Waals surface area contributed by atoms with Gasteiger partial charge >= 0.3 is 0 Å². The molecule has 0 saturated heterocycles. The van der Waals surface area contributed by atoms with Crippen LogP contribution in [0.2, 0.25) is 4.34 Å². The number of thiophene rings is 1. The van der Waals surface area contributed by atoms with E-state index in [1.165, 1.54) is 52.9 Å². The van der Waals surface area contributed by atoms with Crippen molar-refractivity contribution in [2.75, 3.05) is 5.32 Å². The monoisotopic (exact) mass is 551 g/mol. The SMILES string of the molecule is N#Cc1ccn(CC(=O)c2cnsc2)c(=O)c1-c1cc(NCc2ccc(Cl)s2)n(C(=O)c2cnoc2)n1. The molecule has 0 aromatic carbocycles. The van der Waals surface area contributed by atoms with Crippen LogP contribution in [0.15, 0.2) is 63.8 Å². The molecular weight excluding hydrogens is 538 g/mol. The summed E-state index contributed by atoms with van der Waals surface area (Å²) in [6.07, 6.45) is 5.22. The number of hydrogen-bond acceptors (Lipinski definition) is 11. The third-order valence-corrected chi connectivity index (χ3v) is 7.08. The summed E-state index contributed by atoms with van der Waals surface area (Å²) in [5.41, 5.74) is 0.000558. The summed E-state index contributed by atoms with van der Waals surface area (Å²) in [6.45, 7) is 0.0767. The van der Waals surface area contributed by atoms with Crippen molar-refractivity contribution in [3.63, 3.8) is 0 Å². The molecular formula is C23H14ClN7O4S2. The van der Waals surface area contributed by atoms with Crippen molar-refractivity contribution in [3.8, 4) is 17.3 Å². The fraction of sp³-hybridized carbons (Fsp3) is 0.0870. The standard InChI is InChI=1S/C23H14ClN7O4S2/c24-19-2-1-16(37-19)9-26-20-5-17(29-31(20)22(33)14-7-27-35-11-14)21-13(6-25)3-4-30(23(21)34)10-18(32)15-8-28-36-12-15/h1-5,7-8,11-12,26H,9-10H2. The number of anilines is 1. The summed E-state index contributed by atoms with van der Waals surface area (Å²) in [7, 11) is 0. The van der Waals surface area contributed by atoms with Gasteiger partial charge in [0.2, 0.25) is 0 Å². The van der Waals surface area contributed by atoms with Crippen LogP contribution in [0.25, 0.3) is 11.3 Å². The number of Topliss-reactive ketones (excluding diaryl/α,β-unsaturated/α-hetero) is 1. The third-order valence-electron chi connectivity index (χ3n) is 5.26. The first-order chi connectivity index (χ1) is 17.9. The molecule has 0 amide bonds. The Bertz CT molecular complexity index is 1700. The molecule has 0 unspecified atom stereocenters. The Morgan fingerprint density at radius 3 is 2.76 bits per heavy atom. The number of rotatable bonds is 8. The summed E-state index contributed by atoms with van der Waals surface area (Å²) in [5, 5.41) is 22.3. The minimum atomic E-state index is -0.603. The molecule has 184 valence electrons. The van der Waals surface area contributed by atoms with Crippen LogP contribution in [0.3, 0.4) is 0 Å². The van der Waals surface area contributed by atoms with Gasteiger partial charge in [-0.15, -0.1) is 11.3 Å². The lowest BCUT2D eigenvalue weighted by Crippen LogP contribution is -2.26. The summed E-state index contributed by atoms with van der Waals surface area (Å²) < 4.78 is 11.6. The molecule has 37 heavy (non-hydrogen) atoms. The highest BCUT2D eigenvalue weighted by Gasteiger charge is 2.23. The maximum atomic E-state index is 13.4. The molecule has 0 aliphatic rings. The molecule has 5 rings (SSSR count). The maximum Gasteiger partial charge on any atom is 0.285 e. The second-order valence-corrected chi connectivity index (χ2v) is 10.0. The van der Waals surface area contributed by atoms with E-state index in [-0.39, 0.29) is 40.5 Å². The molecule has 1 N–H and O–H groups in total. The Morgan fingerprint density at radius 2 is 2.08 bits per heavy atom. The van der Waals surface area contributed by atoms with Gasteiger partial charge in [-0.2, -0.15) is 15.0 Å². The zero-order valence-corrected chi connectivity index (χ0v) is 21.0. The first kappa shape index (κ1) is 24.3. The van der Waals surface area contributed by atoms with Crippen LogP contribution in [0.1, 0.15) is 31.2 Å². The normalized spacial score (nSPS) is 10.8. The van der Waals surface area contributed by atoms with E-state index in [4.69, 9.17) is 16.1 Å². The highest BCUT2D eigenvalue weighted by atomic mass is 35.5. The van der Waals surface area contributed by atoms with Gasteiger partial charge in [-0.3, -0.25) is 14.4 Å². The van der Waals surface area contributed by atoms with E-state index in [1.807, 2.05) is 12.1 Å². The average Bonchev–Trinajstić information content (AvgIpc) is 3.71. The number of aromatic nitrogens is 5. The van der Waals surface area contributed by atoms with E-state index in [0.717, 1.165) is 21.1 Å². The topological polar surface area (TPSA) is 149 Å². The molecule has 5 aromatic rings. The number of carbonyl (C=O) groups excluding carboxylic acids is 2. The predicted molar refractivity (Wildman–Crippen MR) is 136 cm³/mol. The summed E-state index contributed by atoms with van der Waals surface area (Å²) in [4.78, 5) is 40.0. The van der Waals surface area contributed by atoms with Crippen LogP contribution >= 0.6 is 34.5 Å². The minimum Gasteiger partial charge on any atom is -0.365 e. The zero-order valence-electron chi connectivity index (χ0n) is 18.6. The Balaban J connectivity index is 1.56. The Morgan fingerprint density at radius 1 is 1.22 bits per heavy atom. The number of nitriles is 1. The van der Waals surface area contributed by atoms with Gasteiger partial charge in [0.1, 0.15) is 29.4 Å². The van der Waals surface area contributed by atoms with Crippen LogP contribution in [0, 0.1) is 11.3 Å². The van der Waals surface area contributed by atoms with Gasteiger partial charge in [-0.05, 0) is 29.7 Å². The van der Waals surface area contributed by atoms with Gasteiger partial charge in [0, 0.05) is 22.5 Å². The number of ketones is 1. The van der Waals surface area contributed by atoms with Gasteiger partial charge in [0.15, 0.2) is 5.78 Å². The molecule has 0 spiro atoms. The van der Waals surface area contributed by atoms with Crippen molar-refractivity contribution in [1.82, 2.24) is 23.9 Å². The van der Waals surface area contributed by atoms with Crippen LogP contribution in [-0.4, -0.2) is 35.6 Å². The van der Waals surface area contributed by atoms with E-state index in [1.54, 1.807) is 11.4 Å². The van der Waals surface area contributed by atoms with Gasteiger partial charge < -0.3 is 14.4 Å². The molecule has 0 bridgehead atoms. The van der Waals surface area contributed by atoms with Gasteiger partial charge in [0.25, 0.3) is 11.5 Å². The minimum absolute atomic E-state index is 0.0414. The lowest BCUT2D eigenvalue weighted by molar-refractivity contribution is 0.0945. The first-order valence-corrected chi connectivity index (χ1v) is 12.6. The van der Waals surface area contributed by atoms with E-state index < -0.39 is 11.5 Å². The van der Waals surface area contributed by atoms with Crippen molar-refractivity contribution in [1.29, 1.82) is 5.26 Å². The van der Waals surface area contributed by atoms with E-state index in [9.17, 15) is 19.6 Å². The molecule has 0 aliphatic heterocycles. The van der Waals surface area contributed by atoms with Gasteiger partial charge in [-0.1, -0.05) is 16.8 Å². The number of carbonyl (C=O) groups is 2. The van der Waals surface area contributed by atoms with E-state index >= 15 is 0 Å². The van der Waals surface area contributed by atoms with Gasteiger partial charge in [0.05, 0.1) is 46.5 Å². The lowest BCUT2D eigenvalue weighted by atomic mass is 10.1. The number of pyridine rings is 1. The Labute approximate surface area is 221 Å². The van der Waals surface area contributed by atoms with Crippen molar-refractivity contribution < 1.29 is 14.1 Å². The highest BCUT2D eigenvalue weighted by molar-refractivity contribution is 7.16. The van der Waals surface area contributed by atoms with Crippen LogP contribution in [-0.2, 0) is 13.1 Å². The van der Waals surface area contributed by atoms with E-state index in [0.29, 0.717) is 16.4 Å². The molecule has 11 nitrogen and oxygen atoms in total. The number of halogens is 1. The summed E-state index contributed by atoms with van der Waals surface area (Å²) in [6, 6.07) is 8.51. The molecule has 14 heteroatoms. The van der Waals surface area contributed by atoms with Crippen molar-refractivity contribution in [2.24, 2.45) is 0 Å². The van der Waals surface area contributed by atoms with Crippen molar-refractivity contribution in [2.45, 2.75) is 13.1 Å². The predicted octanol–water partition coefficient (Wildman–Crippen LogP) is 3.93. The second-order valence-electron chi connectivity index (χ2n) is 7.59. The molecule has 5 aromatic heterocycles. The smallest absolute Gasteiger partial charge is 0.285 e. The summed E-state index contributed by atoms with van der Waals surface area (Å²) in [5.74, 6) is -0.601. The van der Waals surface area contributed by atoms with Crippen LogP contribution in [0.5, 0.6) is 0 Å². The van der Waals surface area contributed by atoms with Crippen molar-refractivity contribution in [3.05, 3.63) is 90.8 Å². The van der Waals surface area contributed by atoms with E-state index in [2.05, 4.69) is 19.9 Å². The second kappa shape index (κ2) is 10.3. The molecule has 0 saturated carbocycles. The lowest BCUT2D eigenvalue weighted by Gasteiger charge is -2.07. The van der Waals surface area contributed by atoms with Crippen LogP contribution in [0.4, 0.5) is 5.82 Å². The first-order valence-electron chi connectivity index (χ1n) is 10.5. The third kappa shape index (κ3) is 4.98. The summed E-state index contributed by atoms with van der Waals surface area (Å²) >= 11 is 8.51. The molecule has 0 atom stereocenters. The zero-order chi connectivity index (χ0) is 25.9. The number of nitrogens with zero attached hydrogens (tertiary/aromatic N) is 6. The molecule has 0 radical (unpaired) electrons. The van der Waals surface area contributed by atoms with Gasteiger partial charge in [-0.25, -0.2) is 4.37 Å². The maximum absolute atomic E-state index is 13.4. The quantitative estimate of drug-likeness (QED) is 0.283. The molecule has 0 fully saturated rings. The van der Waals surface area contributed by atoms with Crippen molar-refractivity contribution >= 4 is 52.0 Å². The average molecular weight is 552 g/mol. The largest absolute Gasteiger partial charge is 0.365 e. The fourth-order valence-corrected chi connectivity index (χ4v) is 5.04. The Kier molecular flexibility index (Phi) is 6.78. The molecule has 5 heterocycles. The number of hydrogen-bond donors (Lipinski definition) is 1. The Hall–Kier alpha value is -4.38. The molecule has 0 aliphatic carbocycles. The fourth-order valence-electron chi connectivity index (χ4n) is 3.47. The number of nitrogens with one attached hydrogen (secondary N) is 1. The van der Waals surface area contributed by atoms with Crippen LogP contribution < -0.4 is 10.9 Å².